The number of carbonyl (C=O) groups is 3. The molecule has 0 unspecified atom stereocenters. The zero-order valence-corrected chi connectivity index (χ0v) is 17.0. The third kappa shape index (κ3) is 10.6. The lowest BCUT2D eigenvalue weighted by atomic mass is 10.1. The van der Waals surface area contributed by atoms with Crippen molar-refractivity contribution in [3.05, 3.63) is 35.4 Å². The van der Waals surface area contributed by atoms with E-state index in [4.69, 9.17) is 15.9 Å². The van der Waals surface area contributed by atoms with Crippen LogP contribution in [0.1, 0.15) is 51.2 Å². The molecule has 0 saturated carbocycles. The van der Waals surface area contributed by atoms with Gasteiger partial charge in [-0.25, -0.2) is 14.4 Å². The maximum absolute atomic E-state index is 11.7. The quantitative estimate of drug-likeness (QED) is 0.431. The van der Waals surface area contributed by atoms with E-state index in [1.165, 1.54) is 0 Å². The molecule has 8 heteroatoms. The van der Waals surface area contributed by atoms with Crippen molar-refractivity contribution >= 4 is 18.2 Å². The molecular weight excluding hydrogens is 376 g/mol. The van der Waals surface area contributed by atoms with Crippen LogP contribution >= 0.6 is 0 Å². The number of unbranched alkanes of at least 4 members (excludes halogenated alkanes) is 1. The molecule has 0 bridgehead atoms. The van der Waals surface area contributed by atoms with Crippen molar-refractivity contribution in [1.82, 2.24) is 10.6 Å². The molecule has 0 aliphatic carbocycles. The minimum Gasteiger partial charge on any atom is -0.480 e. The van der Waals surface area contributed by atoms with E-state index >= 15 is 0 Å². The highest BCUT2D eigenvalue weighted by atomic mass is 16.6. The van der Waals surface area contributed by atoms with Gasteiger partial charge in [-0.05, 0) is 57.7 Å². The number of carbonyl (C=O) groups excluding carboxylic acids is 2. The molecule has 0 aliphatic heterocycles. The standard InChI is InChI=1S/C21H28N2O6/c1-5-15-9-11-16(12-10-15)14-28-19(26)22-13-7-6-8-17(18(24)25)23-20(27)29-21(2,3)4/h1,9-12,17H,6-8,13-14H2,2-4H3,(H,22,26)(H,23,27)(H,24,25)/t17-/m0/s1. The van der Waals surface area contributed by atoms with Crippen molar-refractivity contribution in [2.24, 2.45) is 0 Å². The van der Waals surface area contributed by atoms with Crippen LogP contribution in [0.25, 0.3) is 0 Å². The van der Waals surface area contributed by atoms with Gasteiger partial charge in [0.1, 0.15) is 18.2 Å². The van der Waals surface area contributed by atoms with Gasteiger partial charge in [0.2, 0.25) is 0 Å². The van der Waals surface area contributed by atoms with Gasteiger partial charge in [-0.15, -0.1) is 6.42 Å². The van der Waals surface area contributed by atoms with E-state index in [-0.39, 0.29) is 13.0 Å². The second-order valence-electron chi connectivity index (χ2n) is 7.38. The highest BCUT2D eigenvalue weighted by Gasteiger charge is 2.23. The average Bonchev–Trinajstić information content (AvgIpc) is 2.64. The van der Waals surface area contributed by atoms with Crippen LogP contribution in [0.5, 0.6) is 0 Å². The minimum atomic E-state index is -1.14. The van der Waals surface area contributed by atoms with Crippen molar-refractivity contribution in [2.75, 3.05) is 6.54 Å². The second-order valence-corrected chi connectivity index (χ2v) is 7.38. The van der Waals surface area contributed by atoms with Crippen molar-refractivity contribution in [3.63, 3.8) is 0 Å². The third-order valence-electron chi connectivity index (χ3n) is 3.67. The molecule has 1 atom stereocenters. The monoisotopic (exact) mass is 404 g/mol. The maximum atomic E-state index is 11.7. The summed E-state index contributed by atoms with van der Waals surface area (Å²) >= 11 is 0. The summed E-state index contributed by atoms with van der Waals surface area (Å²) in [5.74, 6) is 1.37. The molecule has 29 heavy (non-hydrogen) atoms. The molecular formula is C21H28N2O6. The summed E-state index contributed by atoms with van der Waals surface area (Å²) < 4.78 is 10.2. The first-order valence-corrected chi connectivity index (χ1v) is 9.29. The van der Waals surface area contributed by atoms with Crippen molar-refractivity contribution in [1.29, 1.82) is 0 Å². The topological polar surface area (TPSA) is 114 Å². The zero-order valence-electron chi connectivity index (χ0n) is 17.0. The van der Waals surface area contributed by atoms with Gasteiger partial charge >= 0.3 is 18.2 Å². The van der Waals surface area contributed by atoms with Gasteiger partial charge in [0.15, 0.2) is 0 Å². The van der Waals surface area contributed by atoms with Gasteiger partial charge in [-0.2, -0.15) is 0 Å². The largest absolute Gasteiger partial charge is 0.480 e. The number of alkyl carbamates (subject to hydrolysis) is 2. The van der Waals surface area contributed by atoms with E-state index in [0.29, 0.717) is 19.4 Å². The minimum absolute atomic E-state index is 0.123. The molecule has 1 aromatic rings. The van der Waals surface area contributed by atoms with E-state index in [1.54, 1.807) is 45.0 Å². The molecule has 1 aromatic carbocycles. The van der Waals surface area contributed by atoms with E-state index < -0.39 is 29.8 Å². The summed E-state index contributed by atoms with van der Waals surface area (Å²) in [7, 11) is 0. The summed E-state index contributed by atoms with van der Waals surface area (Å²) in [6.45, 7) is 5.53. The van der Waals surface area contributed by atoms with Gasteiger partial charge in [0.05, 0.1) is 0 Å². The van der Waals surface area contributed by atoms with Crippen LogP contribution < -0.4 is 10.6 Å². The predicted octanol–water partition coefficient (Wildman–Crippen LogP) is 3.04. The number of carboxylic acid groups (broad SMARTS) is 1. The Morgan fingerprint density at radius 2 is 1.79 bits per heavy atom. The number of aliphatic carboxylic acids is 1. The first kappa shape index (κ1) is 23.8. The molecule has 0 radical (unpaired) electrons. The highest BCUT2D eigenvalue weighted by molar-refractivity contribution is 5.79. The normalized spacial score (nSPS) is 11.7. The zero-order chi connectivity index (χ0) is 21.9. The Hall–Kier alpha value is -3.21. The Bertz CT molecular complexity index is 731. The van der Waals surface area contributed by atoms with Crippen LogP contribution in [0.15, 0.2) is 24.3 Å². The summed E-state index contributed by atoms with van der Waals surface area (Å²) in [6, 6.07) is 6.04. The number of amides is 2. The van der Waals surface area contributed by atoms with Gasteiger partial charge < -0.3 is 25.2 Å². The van der Waals surface area contributed by atoms with Gasteiger partial charge in [0.25, 0.3) is 0 Å². The lowest BCUT2D eigenvalue weighted by molar-refractivity contribution is -0.139. The van der Waals surface area contributed by atoms with Gasteiger partial charge in [0, 0.05) is 12.1 Å². The Balaban J connectivity index is 2.24. The lowest BCUT2D eigenvalue weighted by Crippen LogP contribution is -2.43. The van der Waals surface area contributed by atoms with E-state index in [1.807, 2.05) is 0 Å². The van der Waals surface area contributed by atoms with Crippen LogP contribution in [0, 0.1) is 12.3 Å². The van der Waals surface area contributed by atoms with Gasteiger partial charge in [-0.3, -0.25) is 0 Å². The third-order valence-corrected chi connectivity index (χ3v) is 3.67. The first-order valence-electron chi connectivity index (χ1n) is 9.29. The number of hydrogen-bond acceptors (Lipinski definition) is 5. The van der Waals surface area contributed by atoms with Crippen molar-refractivity contribution in [2.45, 2.75) is 58.3 Å². The first-order chi connectivity index (χ1) is 13.6. The highest BCUT2D eigenvalue weighted by Crippen LogP contribution is 2.08. The molecule has 3 N–H and O–H groups in total. The molecule has 0 fully saturated rings. The van der Waals surface area contributed by atoms with Crippen LogP contribution in [0.4, 0.5) is 9.59 Å². The molecule has 0 aromatic heterocycles. The number of rotatable bonds is 9. The number of benzene rings is 1. The van der Waals surface area contributed by atoms with E-state index in [9.17, 15) is 19.5 Å². The molecule has 0 spiro atoms. The SMILES string of the molecule is C#Cc1ccc(COC(=O)NCCCC[C@H](NC(=O)OC(C)(C)C)C(=O)O)cc1. The molecule has 1 rings (SSSR count). The molecule has 2 amide bonds. The Labute approximate surface area is 171 Å². The fourth-order valence-corrected chi connectivity index (χ4v) is 2.27. The fraction of sp³-hybridized carbons (Fsp3) is 0.476. The molecule has 0 heterocycles. The summed E-state index contributed by atoms with van der Waals surface area (Å²) in [6.07, 6.45) is 5.18. The Kier molecular flexibility index (Phi) is 9.52. The average molecular weight is 404 g/mol. The summed E-state index contributed by atoms with van der Waals surface area (Å²) in [4.78, 5) is 34.6. The van der Waals surface area contributed by atoms with Crippen LogP contribution in [-0.2, 0) is 20.9 Å². The number of ether oxygens (including phenoxy) is 2. The van der Waals surface area contributed by atoms with Crippen molar-refractivity contribution in [3.8, 4) is 12.3 Å². The molecule has 0 aliphatic rings. The molecule has 158 valence electrons. The van der Waals surface area contributed by atoms with Crippen LogP contribution in [0.2, 0.25) is 0 Å². The number of terminal acetylenes is 1. The van der Waals surface area contributed by atoms with Gasteiger partial charge in [-0.1, -0.05) is 18.1 Å². The number of carboxylic acids is 1. The number of nitrogens with one attached hydrogen (secondary N) is 2. The summed E-state index contributed by atoms with van der Waals surface area (Å²) in [5, 5.41) is 14.1. The van der Waals surface area contributed by atoms with Crippen molar-refractivity contribution < 1.29 is 29.0 Å². The lowest BCUT2D eigenvalue weighted by Gasteiger charge is -2.22. The Morgan fingerprint density at radius 1 is 1.14 bits per heavy atom. The number of hydrogen-bond donors (Lipinski definition) is 3. The van der Waals surface area contributed by atoms with Crippen LogP contribution in [0.3, 0.4) is 0 Å². The molecule has 8 nitrogen and oxygen atoms in total. The maximum Gasteiger partial charge on any atom is 0.408 e. The summed E-state index contributed by atoms with van der Waals surface area (Å²) in [5.41, 5.74) is 0.858. The van der Waals surface area contributed by atoms with E-state index in [0.717, 1.165) is 11.1 Å². The van der Waals surface area contributed by atoms with Crippen LogP contribution in [-0.4, -0.2) is 41.4 Å². The smallest absolute Gasteiger partial charge is 0.408 e. The van der Waals surface area contributed by atoms with E-state index in [2.05, 4.69) is 16.6 Å². The fourth-order valence-electron chi connectivity index (χ4n) is 2.27. The second kappa shape index (κ2) is 11.6. The Morgan fingerprint density at radius 3 is 2.34 bits per heavy atom. The molecule has 0 saturated heterocycles. The predicted molar refractivity (Wildman–Crippen MR) is 107 cm³/mol.